The Bertz CT molecular complexity index is 3190. The van der Waals surface area contributed by atoms with E-state index in [1.165, 1.54) is 26.0 Å². The van der Waals surface area contributed by atoms with Crippen molar-refractivity contribution in [2.45, 2.75) is 116 Å². The van der Waals surface area contributed by atoms with Gasteiger partial charge in [-0.3, -0.25) is 14.5 Å². The minimum atomic E-state index is -1.93. The first-order chi connectivity index (χ1) is 34.5. The van der Waals surface area contributed by atoms with Crippen molar-refractivity contribution in [1.29, 1.82) is 0 Å². The van der Waals surface area contributed by atoms with Gasteiger partial charge in [-0.05, 0) is 101 Å². The maximum absolute atomic E-state index is 16.1. The Kier molecular flexibility index (Phi) is 12.9. The minimum Gasteiger partial charge on any atom is -0.493 e. The SMILES string of the molecule is CCc1c2c(nc3ccc(OC(=O)N4CCN(C(=O)CCCCCOc5cc(F)c(C6c7[nH]c8ccccc8c7C[C@@H](C)N6CC(C)(C)F)c(F)c5)CC4)cc13)-c1cc3c(c(=O)n1C2)COC(=O)[C@]3(O)CC. The van der Waals surface area contributed by atoms with Crippen LogP contribution in [0.4, 0.5) is 18.0 Å². The van der Waals surface area contributed by atoms with Crippen LogP contribution in [0.2, 0.25) is 0 Å². The number of alkyl halides is 1. The van der Waals surface area contributed by atoms with E-state index in [9.17, 15) is 24.3 Å². The number of hydrogen-bond donors (Lipinski definition) is 2. The van der Waals surface area contributed by atoms with Crippen LogP contribution in [0.25, 0.3) is 33.2 Å². The van der Waals surface area contributed by atoms with Gasteiger partial charge in [-0.25, -0.2) is 27.7 Å². The molecule has 6 aromatic rings. The monoisotopic (exact) mass is 988 g/mol. The van der Waals surface area contributed by atoms with E-state index >= 15 is 13.2 Å². The van der Waals surface area contributed by atoms with E-state index in [1.54, 1.807) is 45.6 Å². The number of amides is 2. The highest BCUT2D eigenvalue weighted by atomic mass is 19.1. The fourth-order valence-corrected chi connectivity index (χ4v) is 11.2. The zero-order valence-electron chi connectivity index (χ0n) is 41.2. The second-order valence-electron chi connectivity index (χ2n) is 20.2. The fraction of sp³-hybridized carbons (Fsp3) is 0.436. The Morgan fingerprint density at radius 1 is 0.917 bits per heavy atom. The molecule has 4 aliphatic heterocycles. The smallest absolute Gasteiger partial charge is 0.415 e. The van der Waals surface area contributed by atoms with Crippen molar-refractivity contribution in [3.63, 3.8) is 0 Å². The van der Waals surface area contributed by atoms with E-state index < -0.39 is 41.0 Å². The summed E-state index contributed by atoms with van der Waals surface area (Å²) < 4.78 is 65.9. The Balaban J connectivity index is 0.710. The molecule has 378 valence electrons. The van der Waals surface area contributed by atoms with Gasteiger partial charge in [0, 0.05) is 96.0 Å². The highest BCUT2D eigenvalue weighted by Crippen LogP contribution is 2.45. The standard InChI is InChI=1S/C55H59F3N6O8/c1-6-34-36-24-32(16-17-44(36)59-48-38(34)28-63-45(48)27-40-39(51(63)66)29-71-52(67)55(40,69)7-2)72-53(68)62-20-18-61(19-21-62)46(65)15-9-8-12-22-70-33-25-41(56)47(42(57)26-33)50-49-37(35-13-10-11-14-43(35)60-49)23-31(3)64(50)30-54(4,5)58/h10-11,13-14,16-17,24-27,31,50,60,69H,6-9,12,15,18-23,28-30H2,1-5H3/t31-,50?,55+/m1/s1. The molecule has 17 heteroatoms. The van der Waals surface area contributed by atoms with Crippen LogP contribution in [0.15, 0.2) is 65.5 Å². The zero-order chi connectivity index (χ0) is 50.8. The number of hydrogen-bond acceptors (Lipinski definition) is 10. The topological polar surface area (TPSA) is 160 Å². The lowest BCUT2D eigenvalue weighted by atomic mass is 9.86. The van der Waals surface area contributed by atoms with Gasteiger partial charge in [-0.2, -0.15) is 0 Å². The second kappa shape index (κ2) is 19.0. The predicted molar refractivity (Wildman–Crippen MR) is 264 cm³/mol. The summed E-state index contributed by atoms with van der Waals surface area (Å²) in [5.41, 5.74) is 2.49. The van der Waals surface area contributed by atoms with Crippen LogP contribution in [-0.2, 0) is 45.9 Å². The van der Waals surface area contributed by atoms with Crippen LogP contribution >= 0.6 is 0 Å². The van der Waals surface area contributed by atoms with Crippen LogP contribution in [0.3, 0.4) is 0 Å². The third kappa shape index (κ3) is 8.77. The highest BCUT2D eigenvalue weighted by molar-refractivity contribution is 5.91. The van der Waals surface area contributed by atoms with E-state index in [4.69, 9.17) is 19.2 Å². The summed E-state index contributed by atoms with van der Waals surface area (Å²) in [4.78, 5) is 66.4. The van der Waals surface area contributed by atoms with Gasteiger partial charge in [0.25, 0.3) is 5.56 Å². The number of carbonyl (C=O) groups excluding carboxylic acids is 3. The molecule has 0 aliphatic carbocycles. The summed E-state index contributed by atoms with van der Waals surface area (Å²) >= 11 is 0. The van der Waals surface area contributed by atoms with Gasteiger partial charge in [0.2, 0.25) is 5.91 Å². The number of nitrogens with one attached hydrogen (secondary N) is 1. The number of aryl methyl sites for hydroxylation is 1. The van der Waals surface area contributed by atoms with E-state index in [0.29, 0.717) is 93.1 Å². The molecule has 0 saturated carbocycles. The van der Waals surface area contributed by atoms with E-state index in [1.807, 2.05) is 43.0 Å². The van der Waals surface area contributed by atoms with Gasteiger partial charge in [0.05, 0.1) is 41.7 Å². The number of unbranched alkanes of at least 4 members (excludes halogenated alkanes) is 2. The highest BCUT2D eigenvalue weighted by Gasteiger charge is 2.46. The van der Waals surface area contributed by atoms with Crippen LogP contribution in [0, 0.1) is 11.6 Å². The van der Waals surface area contributed by atoms with Gasteiger partial charge in [-0.1, -0.05) is 32.0 Å². The average Bonchev–Trinajstić information content (AvgIpc) is 3.91. The van der Waals surface area contributed by atoms with E-state index in [-0.39, 0.29) is 72.7 Å². The van der Waals surface area contributed by atoms with Crippen molar-refractivity contribution >= 4 is 39.8 Å². The molecule has 0 radical (unpaired) electrons. The molecule has 4 aliphatic rings. The number of nitrogens with zero attached hydrogens (tertiary/aromatic N) is 5. The number of aromatic nitrogens is 3. The molecule has 3 aromatic heterocycles. The Morgan fingerprint density at radius 2 is 1.65 bits per heavy atom. The lowest BCUT2D eigenvalue weighted by Crippen LogP contribution is -2.51. The summed E-state index contributed by atoms with van der Waals surface area (Å²) in [7, 11) is 0. The molecule has 3 aromatic carbocycles. The molecule has 0 spiro atoms. The number of piperazine rings is 1. The first-order valence-corrected chi connectivity index (χ1v) is 25.0. The van der Waals surface area contributed by atoms with Crippen LogP contribution < -0.4 is 15.0 Å². The summed E-state index contributed by atoms with van der Waals surface area (Å²) in [6.45, 7) is 10.1. The second-order valence-corrected chi connectivity index (χ2v) is 20.2. The minimum absolute atomic E-state index is 0.0171. The molecular weight excluding hydrogens is 930 g/mol. The lowest BCUT2D eigenvalue weighted by Gasteiger charge is -2.43. The third-order valence-corrected chi connectivity index (χ3v) is 14.9. The summed E-state index contributed by atoms with van der Waals surface area (Å²) in [5, 5.41) is 13.0. The number of para-hydroxylation sites is 1. The number of benzene rings is 3. The van der Waals surface area contributed by atoms with Crippen molar-refractivity contribution < 1.29 is 46.9 Å². The molecule has 0 bridgehead atoms. The predicted octanol–water partition coefficient (Wildman–Crippen LogP) is 8.77. The van der Waals surface area contributed by atoms with Gasteiger partial charge in [-0.15, -0.1) is 0 Å². The van der Waals surface area contributed by atoms with Crippen molar-refractivity contribution in [1.82, 2.24) is 29.2 Å². The maximum Gasteiger partial charge on any atom is 0.415 e. The molecule has 14 nitrogen and oxygen atoms in total. The summed E-state index contributed by atoms with van der Waals surface area (Å²) in [6.07, 6.45) is 2.80. The molecule has 3 atom stereocenters. The largest absolute Gasteiger partial charge is 0.493 e. The summed E-state index contributed by atoms with van der Waals surface area (Å²) in [6, 6.07) is 16.0. The first-order valence-electron chi connectivity index (χ1n) is 25.0. The van der Waals surface area contributed by atoms with Gasteiger partial charge in [0.1, 0.15) is 35.4 Å². The van der Waals surface area contributed by atoms with Crippen molar-refractivity contribution in [2.24, 2.45) is 0 Å². The number of halogens is 3. The molecule has 1 unspecified atom stereocenters. The van der Waals surface area contributed by atoms with E-state index in [0.717, 1.165) is 33.0 Å². The molecule has 72 heavy (non-hydrogen) atoms. The number of carbonyl (C=O) groups is 3. The van der Waals surface area contributed by atoms with Gasteiger partial charge in [0.15, 0.2) is 5.60 Å². The molecular formula is C55H59F3N6O8. The van der Waals surface area contributed by atoms with Crippen LogP contribution in [0.5, 0.6) is 11.5 Å². The van der Waals surface area contributed by atoms with E-state index in [2.05, 4.69) is 4.98 Å². The number of rotatable bonds is 13. The molecule has 7 heterocycles. The quantitative estimate of drug-likeness (QED) is 0.0845. The molecule has 1 saturated heterocycles. The summed E-state index contributed by atoms with van der Waals surface area (Å²) in [5.74, 6) is -1.97. The zero-order valence-corrected chi connectivity index (χ0v) is 41.2. The number of esters is 1. The number of cyclic esters (lactones) is 1. The molecule has 10 rings (SSSR count). The average molecular weight is 989 g/mol. The molecule has 1 fully saturated rings. The lowest BCUT2D eigenvalue weighted by molar-refractivity contribution is -0.172. The Labute approximate surface area is 414 Å². The third-order valence-electron chi connectivity index (χ3n) is 14.9. The fourth-order valence-electron chi connectivity index (χ4n) is 11.2. The van der Waals surface area contributed by atoms with Gasteiger partial charge < -0.3 is 38.7 Å². The number of pyridine rings is 2. The molecule has 2 N–H and O–H groups in total. The van der Waals surface area contributed by atoms with Crippen molar-refractivity contribution in [3.05, 3.63) is 122 Å². The Morgan fingerprint density at radius 3 is 2.38 bits per heavy atom. The number of aliphatic hydroxyl groups is 1. The number of H-pyrrole nitrogens is 1. The van der Waals surface area contributed by atoms with Crippen LogP contribution in [0.1, 0.15) is 112 Å². The Hall–Kier alpha value is -6.72. The van der Waals surface area contributed by atoms with Crippen LogP contribution in [-0.4, -0.2) is 103 Å². The van der Waals surface area contributed by atoms with Crippen molar-refractivity contribution in [3.8, 4) is 22.9 Å². The molecule has 2 amide bonds. The van der Waals surface area contributed by atoms with Gasteiger partial charge >= 0.3 is 12.1 Å². The maximum atomic E-state index is 16.1. The number of ether oxygens (including phenoxy) is 3. The van der Waals surface area contributed by atoms with Crippen molar-refractivity contribution in [2.75, 3.05) is 39.3 Å². The first kappa shape index (κ1) is 48.9. The number of fused-ring (bicyclic) bond motifs is 8. The normalized spacial score (nSPS) is 19.8. The number of aromatic amines is 1.